The third kappa shape index (κ3) is 1.51. The van der Waals surface area contributed by atoms with Crippen LogP contribution in [0.25, 0.3) is 0 Å². The van der Waals surface area contributed by atoms with Gasteiger partial charge in [-0.15, -0.1) is 11.8 Å². The zero-order valence-electron chi connectivity index (χ0n) is 9.03. The van der Waals surface area contributed by atoms with Crippen molar-refractivity contribution >= 4 is 17.8 Å². The smallest absolute Gasteiger partial charge is 0.211 e. The molecule has 3 rings (SSSR count). The van der Waals surface area contributed by atoms with E-state index in [-0.39, 0.29) is 5.54 Å². The predicted molar refractivity (Wildman–Crippen MR) is 64.5 cm³/mol. The van der Waals surface area contributed by atoms with Gasteiger partial charge in [-0.2, -0.15) is 4.99 Å². The molecule has 2 nitrogen and oxygen atoms in total. The lowest BCUT2D eigenvalue weighted by Crippen LogP contribution is -2.10. The summed E-state index contributed by atoms with van der Waals surface area (Å²) in [6, 6.07) is 6.41. The molecule has 1 aliphatic carbocycles. The fraction of sp³-hybridized carbons (Fsp3) is 0.462. The van der Waals surface area contributed by atoms with Crippen LogP contribution in [0.3, 0.4) is 0 Å². The van der Waals surface area contributed by atoms with Gasteiger partial charge in [-0.05, 0) is 48.6 Å². The third-order valence-electron chi connectivity index (χ3n) is 3.45. The Morgan fingerprint density at radius 2 is 2.25 bits per heavy atom. The molecule has 0 amide bonds. The van der Waals surface area contributed by atoms with Gasteiger partial charge in [0.05, 0.1) is 5.54 Å². The second-order valence-corrected chi connectivity index (χ2v) is 5.61. The molecule has 1 aliphatic heterocycles. The zero-order valence-corrected chi connectivity index (χ0v) is 9.85. The Labute approximate surface area is 99.2 Å². The number of thioether (sulfide) groups is 1. The first-order valence-electron chi connectivity index (χ1n) is 5.70. The Balaban J connectivity index is 2.11. The summed E-state index contributed by atoms with van der Waals surface area (Å²) in [6.45, 7) is 0. The molecule has 0 unspecified atom stereocenters. The molecule has 1 heterocycles. The molecule has 0 bridgehead atoms. The van der Waals surface area contributed by atoms with E-state index >= 15 is 0 Å². The molecule has 0 atom stereocenters. The van der Waals surface area contributed by atoms with Gasteiger partial charge in [-0.3, -0.25) is 0 Å². The van der Waals surface area contributed by atoms with Crippen molar-refractivity contribution in [1.82, 2.24) is 0 Å². The molecule has 1 aromatic rings. The molecule has 1 fully saturated rings. The lowest BCUT2D eigenvalue weighted by molar-refractivity contribution is 0.555. The van der Waals surface area contributed by atoms with E-state index in [1.165, 1.54) is 28.2 Å². The van der Waals surface area contributed by atoms with Crippen molar-refractivity contribution in [3.05, 3.63) is 29.3 Å². The molecule has 82 valence electrons. The standard InChI is InChI=1S/C13H13NOS/c15-9-14-13(6-7-13)11-4-1-5-12-10(11)3-2-8-16-12/h1,4-5H,2-3,6-8H2. The number of hydrogen-bond acceptors (Lipinski definition) is 3. The maximum atomic E-state index is 10.5. The minimum absolute atomic E-state index is 0.203. The second-order valence-electron chi connectivity index (χ2n) is 4.47. The molecule has 1 saturated carbocycles. The van der Waals surface area contributed by atoms with E-state index in [1.807, 2.05) is 11.8 Å². The highest BCUT2D eigenvalue weighted by molar-refractivity contribution is 7.99. The summed E-state index contributed by atoms with van der Waals surface area (Å²) in [7, 11) is 0. The average molecular weight is 231 g/mol. The van der Waals surface area contributed by atoms with Gasteiger partial charge >= 0.3 is 0 Å². The predicted octanol–water partition coefficient (Wildman–Crippen LogP) is 3.05. The Kier molecular flexibility index (Phi) is 2.38. The van der Waals surface area contributed by atoms with E-state index in [9.17, 15) is 4.79 Å². The summed E-state index contributed by atoms with van der Waals surface area (Å²) in [4.78, 5) is 15.9. The lowest BCUT2D eigenvalue weighted by Gasteiger charge is -2.21. The Bertz CT molecular complexity index is 473. The molecule has 0 spiro atoms. The Hall–Kier alpha value is -1.05. The average Bonchev–Trinajstić information content (AvgIpc) is 3.10. The minimum atomic E-state index is -0.203. The normalized spacial score (nSPS) is 20.8. The van der Waals surface area contributed by atoms with E-state index in [1.54, 1.807) is 6.08 Å². The molecule has 0 radical (unpaired) electrons. The maximum absolute atomic E-state index is 10.5. The maximum Gasteiger partial charge on any atom is 0.235 e. The van der Waals surface area contributed by atoms with Gasteiger partial charge in [0.15, 0.2) is 0 Å². The van der Waals surface area contributed by atoms with E-state index in [0.29, 0.717) is 0 Å². The number of isocyanates is 1. The van der Waals surface area contributed by atoms with Gasteiger partial charge in [-0.1, -0.05) is 12.1 Å². The molecule has 16 heavy (non-hydrogen) atoms. The highest BCUT2D eigenvalue weighted by atomic mass is 32.2. The number of benzene rings is 1. The molecular weight excluding hydrogens is 218 g/mol. The van der Waals surface area contributed by atoms with Crippen LogP contribution in [-0.2, 0) is 16.8 Å². The molecule has 2 aliphatic rings. The summed E-state index contributed by atoms with van der Waals surface area (Å²) >= 11 is 1.92. The van der Waals surface area contributed by atoms with Crippen molar-refractivity contribution in [2.45, 2.75) is 36.1 Å². The van der Waals surface area contributed by atoms with Crippen LogP contribution in [0.1, 0.15) is 30.4 Å². The van der Waals surface area contributed by atoms with Gasteiger partial charge in [0.2, 0.25) is 6.08 Å². The third-order valence-corrected chi connectivity index (χ3v) is 4.63. The lowest BCUT2D eigenvalue weighted by atomic mass is 9.95. The number of rotatable bonds is 2. The van der Waals surface area contributed by atoms with Crippen LogP contribution in [0.2, 0.25) is 0 Å². The molecule has 3 heteroatoms. The zero-order chi connectivity index (χ0) is 11.0. The van der Waals surface area contributed by atoms with Crippen LogP contribution in [0.4, 0.5) is 0 Å². The Morgan fingerprint density at radius 3 is 3.00 bits per heavy atom. The van der Waals surface area contributed by atoms with Crippen LogP contribution in [0, 0.1) is 0 Å². The van der Waals surface area contributed by atoms with Gasteiger partial charge in [0, 0.05) is 4.90 Å². The number of nitrogens with zero attached hydrogens (tertiary/aromatic N) is 1. The quantitative estimate of drug-likeness (QED) is 0.578. The van der Waals surface area contributed by atoms with E-state index in [4.69, 9.17) is 0 Å². The van der Waals surface area contributed by atoms with Gasteiger partial charge in [0.1, 0.15) is 0 Å². The summed E-state index contributed by atoms with van der Waals surface area (Å²) in [5, 5.41) is 0. The van der Waals surface area contributed by atoms with E-state index < -0.39 is 0 Å². The largest absolute Gasteiger partial charge is 0.235 e. The summed E-state index contributed by atoms with van der Waals surface area (Å²) in [5.41, 5.74) is 2.50. The molecule has 0 saturated heterocycles. The number of fused-ring (bicyclic) bond motifs is 1. The van der Waals surface area contributed by atoms with E-state index in [2.05, 4.69) is 23.2 Å². The van der Waals surface area contributed by atoms with Gasteiger partial charge in [0.25, 0.3) is 0 Å². The van der Waals surface area contributed by atoms with Crippen molar-refractivity contribution in [3.63, 3.8) is 0 Å². The number of hydrogen-bond donors (Lipinski definition) is 0. The van der Waals surface area contributed by atoms with Crippen molar-refractivity contribution in [1.29, 1.82) is 0 Å². The first-order chi connectivity index (χ1) is 7.86. The van der Waals surface area contributed by atoms with Crippen LogP contribution < -0.4 is 0 Å². The summed E-state index contributed by atoms with van der Waals surface area (Å²) < 4.78 is 0. The van der Waals surface area contributed by atoms with Crippen molar-refractivity contribution < 1.29 is 4.79 Å². The van der Waals surface area contributed by atoms with Crippen LogP contribution in [0.15, 0.2) is 28.1 Å². The molecule has 0 aromatic heterocycles. The summed E-state index contributed by atoms with van der Waals surface area (Å²) in [5.74, 6) is 1.21. The monoisotopic (exact) mass is 231 g/mol. The highest BCUT2D eigenvalue weighted by Gasteiger charge is 2.46. The number of carbonyl (C=O) groups excluding carboxylic acids is 1. The topological polar surface area (TPSA) is 29.4 Å². The number of aliphatic imine (C=N–C) groups is 1. The fourth-order valence-corrected chi connectivity index (χ4v) is 3.54. The van der Waals surface area contributed by atoms with Crippen molar-refractivity contribution in [2.75, 3.05) is 5.75 Å². The van der Waals surface area contributed by atoms with Gasteiger partial charge in [-0.25, -0.2) is 4.79 Å². The van der Waals surface area contributed by atoms with E-state index in [0.717, 1.165) is 19.3 Å². The van der Waals surface area contributed by atoms with Crippen LogP contribution in [0.5, 0.6) is 0 Å². The van der Waals surface area contributed by atoms with Crippen LogP contribution >= 0.6 is 11.8 Å². The first-order valence-corrected chi connectivity index (χ1v) is 6.68. The minimum Gasteiger partial charge on any atom is -0.211 e. The second kappa shape index (κ2) is 3.76. The summed E-state index contributed by atoms with van der Waals surface area (Å²) in [6.07, 6.45) is 6.12. The first kappa shape index (κ1) is 10.1. The molecular formula is C13H13NOS. The highest BCUT2D eigenvalue weighted by Crippen LogP contribution is 2.52. The van der Waals surface area contributed by atoms with Crippen molar-refractivity contribution in [3.8, 4) is 0 Å². The van der Waals surface area contributed by atoms with Crippen LogP contribution in [-0.4, -0.2) is 11.8 Å². The molecule has 0 N–H and O–H groups in total. The van der Waals surface area contributed by atoms with Crippen molar-refractivity contribution in [2.24, 2.45) is 4.99 Å². The fourth-order valence-electron chi connectivity index (χ4n) is 2.47. The Morgan fingerprint density at radius 1 is 1.38 bits per heavy atom. The molecule has 1 aromatic carbocycles. The van der Waals surface area contributed by atoms with Gasteiger partial charge < -0.3 is 0 Å². The SMILES string of the molecule is O=C=NC1(c2cccc3c2CCCS3)CC1.